The first kappa shape index (κ1) is 14.0. The summed E-state index contributed by atoms with van der Waals surface area (Å²) in [4.78, 5) is 14.5. The lowest BCUT2D eigenvalue weighted by Crippen LogP contribution is -2.51. The number of hydrogen-bond donors (Lipinski definition) is 1. The summed E-state index contributed by atoms with van der Waals surface area (Å²) in [5.74, 6) is 0.0869. The number of amides is 1. The van der Waals surface area contributed by atoms with Crippen LogP contribution in [0, 0.1) is 5.41 Å². The summed E-state index contributed by atoms with van der Waals surface area (Å²) in [6.45, 7) is 6.07. The van der Waals surface area contributed by atoms with Gasteiger partial charge in [0.05, 0.1) is 18.6 Å². The average molecular weight is 262 g/mol. The molecule has 1 fully saturated rings. The molecule has 2 atom stereocenters. The predicted molar refractivity (Wildman–Crippen MR) is 74.4 cm³/mol. The Kier molecular flexibility index (Phi) is 4.22. The van der Waals surface area contributed by atoms with Crippen LogP contribution in [0.5, 0.6) is 0 Å². The fourth-order valence-electron chi connectivity index (χ4n) is 2.40. The number of carbonyl (C=O) groups is 1. The van der Waals surface area contributed by atoms with Crippen molar-refractivity contribution < 1.29 is 9.53 Å². The average Bonchev–Trinajstić information content (AvgIpc) is 2.77. The van der Waals surface area contributed by atoms with Gasteiger partial charge in [-0.25, -0.2) is 0 Å². The van der Waals surface area contributed by atoms with Gasteiger partial charge in [-0.2, -0.15) is 0 Å². The van der Waals surface area contributed by atoms with Gasteiger partial charge in [0.15, 0.2) is 0 Å². The molecular weight excluding hydrogens is 240 g/mol. The van der Waals surface area contributed by atoms with E-state index in [1.165, 1.54) is 0 Å². The van der Waals surface area contributed by atoms with Crippen LogP contribution < -0.4 is 5.73 Å². The Hall–Kier alpha value is -1.39. The Labute approximate surface area is 114 Å². The standard InChI is InChI=1S/C15H22N2O2/c1-3-17(9-12-7-5-4-6-8-12)14(18)15(2)11-19-10-13(15)16/h4-8,13H,3,9-11,16H2,1-2H3. The van der Waals surface area contributed by atoms with Gasteiger partial charge in [-0.1, -0.05) is 30.3 Å². The van der Waals surface area contributed by atoms with Crippen LogP contribution in [0.15, 0.2) is 30.3 Å². The van der Waals surface area contributed by atoms with Gasteiger partial charge >= 0.3 is 0 Å². The summed E-state index contributed by atoms with van der Waals surface area (Å²) in [6.07, 6.45) is 0. The molecule has 0 bridgehead atoms. The maximum absolute atomic E-state index is 12.7. The molecule has 2 rings (SSSR count). The zero-order valence-electron chi connectivity index (χ0n) is 11.6. The quantitative estimate of drug-likeness (QED) is 0.892. The van der Waals surface area contributed by atoms with Crippen LogP contribution in [-0.2, 0) is 16.1 Å². The summed E-state index contributed by atoms with van der Waals surface area (Å²) >= 11 is 0. The number of ether oxygens (including phenoxy) is 1. The van der Waals surface area contributed by atoms with Gasteiger partial charge in [0.25, 0.3) is 0 Å². The lowest BCUT2D eigenvalue weighted by atomic mass is 9.84. The molecule has 0 saturated carbocycles. The Balaban J connectivity index is 2.11. The van der Waals surface area contributed by atoms with E-state index in [0.717, 1.165) is 5.56 Å². The second-order valence-electron chi connectivity index (χ2n) is 5.34. The van der Waals surface area contributed by atoms with E-state index in [9.17, 15) is 4.79 Å². The molecule has 1 aliphatic heterocycles. The third-order valence-corrected chi connectivity index (χ3v) is 3.89. The van der Waals surface area contributed by atoms with E-state index in [4.69, 9.17) is 10.5 Å². The molecule has 1 saturated heterocycles. The molecule has 1 aromatic rings. The van der Waals surface area contributed by atoms with Crippen molar-refractivity contribution in [3.8, 4) is 0 Å². The highest BCUT2D eigenvalue weighted by molar-refractivity contribution is 5.83. The minimum atomic E-state index is -0.592. The molecule has 1 aliphatic rings. The minimum absolute atomic E-state index is 0.0869. The van der Waals surface area contributed by atoms with E-state index in [1.807, 2.05) is 49.1 Å². The van der Waals surface area contributed by atoms with Crippen molar-refractivity contribution in [1.29, 1.82) is 0 Å². The lowest BCUT2D eigenvalue weighted by molar-refractivity contribution is -0.142. The molecule has 19 heavy (non-hydrogen) atoms. The van der Waals surface area contributed by atoms with Crippen LogP contribution in [0.25, 0.3) is 0 Å². The monoisotopic (exact) mass is 262 g/mol. The van der Waals surface area contributed by atoms with Crippen molar-refractivity contribution in [2.45, 2.75) is 26.4 Å². The third kappa shape index (κ3) is 2.80. The second kappa shape index (κ2) is 5.72. The van der Waals surface area contributed by atoms with Crippen molar-refractivity contribution in [2.24, 2.45) is 11.1 Å². The smallest absolute Gasteiger partial charge is 0.232 e. The first-order valence-corrected chi connectivity index (χ1v) is 6.74. The molecule has 1 heterocycles. The van der Waals surface area contributed by atoms with Gasteiger partial charge in [0.1, 0.15) is 0 Å². The van der Waals surface area contributed by atoms with Crippen molar-refractivity contribution in [2.75, 3.05) is 19.8 Å². The molecule has 2 unspecified atom stereocenters. The molecule has 1 aromatic carbocycles. The third-order valence-electron chi connectivity index (χ3n) is 3.89. The van der Waals surface area contributed by atoms with E-state index in [1.54, 1.807) is 0 Å². The van der Waals surface area contributed by atoms with Crippen LogP contribution in [0.3, 0.4) is 0 Å². The molecule has 0 aromatic heterocycles. The Bertz CT molecular complexity index is 435. The Morgan fingerprint density at radius 3 is 2.68 bits per heavy atom. The fourth-order valence-corrected chi connectivity index (χ4v) is 2.40. The van der Waals surface area contributed by atoms with Crippen molar-refractivity contribution in [3.05, 3.63) is 35.9 Å². The normalized spacial score (nSPS) is 26.4. The number of carbonyl (C=O) groups excluding carboxylic acids is 1. The molecule has 0 spiro atoms. The summed E-state index contributed by atoms with van der Waals surface area (Å²) in [5.41, 5.74) is 6.57. The van der Waals surface area contributed by atoms with Crippen molar-refractivity contribution in [3.63, 3.8) is 0 Å². The molecule has 104 valence electrons. The van der Waals surface area contributed by atoms with Crippen molar-refractivity contribution in [1.82, 2.24) is 4.90 Å². The van der Waals surface area contributed by atoms with E-state index >= 15 is 0 Å². The minimum Gasteiger partial charge on any atom is -0.379 e. The number of rotatable bonds is 4. The van der Waals surface area contributed by atoms with Gasteiger partial charge in [0.2, 0.25) is 5.91 Å². The number of hydrogen-bond acceptors (Lipinski definition) is 3. The molecule has 1 amide bonds. The second-order valence-corrected chi connectivity index (χ2v) is 5.34. The molecule has 2 N–H and O–H groups in total. The summed E-state index contributed by atoms with van der Waals surface area (Å²) < 4.78 is 5.37. The van der Waals surface area contributed by atoms with E-state index in [-0.39, 0.29) is 11.9 Å². The lowest BCUT2D eigenvalue weighted by Gasteiger charge is -2.32. The summed E-state index contributed by atoms with van der Waals surface area (Å²) in [5, 5.41) is 0. The Morgan fingerprint density at radius 1 is 1.47 bits per heavy atom. The van der Waals surface area contributed by atoms with Crippen molar-refractivity contribution >= 4 is 5.91 Å². The van der Waals surface area contributed by atoms with Crippen LogP contribution >= 0.6 is 0 Å². The number of nitrogens with two attached hydrogens (primary N) is 1. The highest BCUT2D eigenvalue weighted by atomic mass is 16.5. The maximum Gasteiger partial charge on any atom is 0.232 e. The first-order chi connectivity index (χ1) is 9.08. The predicted octanol–water partition coefficient (Wildman–Crippen LogP) is 1.40. The topological polar surface area (TPSA) is 55.6 Å². The molecule has 0 radical (unpaired) electrons. The fraction of sp³-hybridized carbons (Fsp3) is 0.533. The molecule has 4 heteroatoms. The maximum atomic E-state index is 12.7. The molecule has 4 nitrogen and oxygen atoms in total. The highest BCUT2D eigenvalue weighted by Crippen LogP contribution is 2.30. The zero-order chi connectivity index (χ0) is 13.9. The largest absolute Gasteiger partial charge is 0.379 e. The molecular formula is C15H22N2O2. The summed E-state index contributed by atoms with van der Waals surface area (Å²) in [6, 6.07) is 9.79. The Morgan fingerprint density at radius 2 is 2.16 bits per heavy atom. The first-order valence-electron chi connectivity index (χ1n) is 6.74. The van der Waals surface area contributed by atoms with Crippen LogP contribution in [0.4, 0.5) is 0 Å². The zero-order valence-corrected chi connectivity index (χ0v) is 11.6. The van der Waals surface area contributed by atoms with Crippen LogP contribution in [0.2, 0.25) is 0 Å². The van der Waals surface area contributed by atoms with Gasteiger partial charge in [-0.05, 0) is 19.4 Å². The summed E-state index contributed by atoms with van der Waals surface area (Å²) in [7, 11) is 0. The van der Waals surface area contributed by atoms with Gasteiger partial charge in [-0.15, -0.1) is 0 Å². The number of benzene rings is 1. The number of nitrogens with zero attached hydrogens (tertiary/aromatic N) is 1. The van der Waals surface area contributed by atoms with E-state index < -0.39 is 5.41 Å². The van der Waals surface area contributed by atoms with Gasteiger partial charge in [-0.3, -0.25) is 4.79 Å². The molecule has 0 aliphatic carbocycles. The highest BCUT2D eigenvalue weighted by Gasteiger charge is 2.46. The SMILES string of the molecule is CCN(Cc1ccccc1)C(=O)C1(C)COCC1N. The van der Waals surface area contributed by atoms with E-state index in [2.05, 4.69) is 0 Å². The van der Waals surface area contributed by atoms with E-state index in [0.29, 0.717) is 26.3 Å². The van der Waals surface area contributed by atoms with Gasteiger partial charge in [0, 0.05) is 19.1 Å². The van der Waals surface area contributed by atoms with Gasteiger partial charge < -0.3 is 15.4 Å². The van der Waals surface area contributed by atoms with Crippen LogP contribution in [0.1, 0.15) is 19.4 Å². The van der Waals surface area contributed by atoms with Crippen LogP contribution in [-0.4, -0.2) is 36.6 Å².